The lowest BCUT2D eigenvalue weighted by Crippen LogP contribution is -2.30. The number of amides is 2. The van der Waals surface area contributed by atoms with E-state index < -0.39 is 12.0 Å². The number of carbonyl (C=O) groups excluding carboxylic acids is 2. The summed E-state index contributed by atoms with van der Waals surface area (Å²) in [6.07, 6.45) is 1.53. The molecule has 0 heterocycles. The molecule has 2 unspecified atom stereocenters. The number of rotatable bonds is 4. The van der Waals surface area contributed by atoms with Crippen LogP contribution in [0, 0.1) is 5.92 Å². The van der Waals surface area contributed by atoms with Gasteiger partial charge < -0.3 is 15.7 Å². The van der Waals surface area contributed by atoms with Crippen LogP contribution in [0.4, 0.5) is 5.69 Å². The third-order valence-corrected chi connectivity index (χ3v) is 3.87. The van der Waals surface area contributed by atoms with Gasteiger partial charge in [-0.25, -0.2) is 0 Å². The molecule has 5 nitrogen and oxygen atoms in total. The third kappa shape index (κ3) is 3.74. The van der Waals surface area contributed by atoms with Gasteiger partial charge in [-0.2, -0.15) is 0 Å². The summed E-state index contributed by atoms with van der Waals surface area (Å²) in [4.78, 5) is 24.2. The molecule has 1 fully saturated rings. The van der Waals surface area contributed by atoms with E-state index >= 15 is 0 Å². The highest BCUT2D eigenvalue weighted by Gasteiger charge is 2.31. The van der Waals surface area contributed by atoms with Crippen LogP contribution in [0.15, 0.2) is 18.2 Å². The molecule has 1 saturated carbocycles. The van der Waals surface area contributed by atoms with Crippen molar-refractivity contribution >= 4 is 29.1 Å². The first kappa shape index (κ1) is 15.8. The molecule has 3 N–H and O–H groups in total. The van der Waals surface area contributed by atoms with Crippen LogP contribution in [0.1, 0.15) is 36.5 Å². The average Bonchev–Trinajstić information content (AvgIpc) is 2.87. The molecule has 0 radical (unpaired) electrons. The van der Waals surface area contributed by atoms with Crippen molar-refractivity contribution in [2.75, 3.05) is 11.9 Å². The number of nitrogens with one attached hydrogen (secondary N) is 2. The van der Waals surface area contributed by atoms with Gasteiger partial charge in [-0.3, -0.25) is 9.59 Å². The molecule has 0 bridgehead atoms. The lowest BCUT2D eigenvalue weighted by molar-refractivity contribution is -0.122. The topological polar surface area (TPSA) is 78.4 Å². The molecule has 6 heteroatoms. The maximum atomic E-state index is 12.2. The molecule has 1 aromatic rings. The number of halogens is 1. The Morgan fingerprint density at radius 1 is 1.38 bits per heavy atom. The molecule has 0 aliphatic heterocycles. The normalized spacial score (nSPS) is 21.1. The zero-order chi connectivity index (χ0) is 15.4. The van der Waals surface area contributed by atoms with Crippen LogP contribution >= 0.6 is 11.6 Å². The zero-order valence-electron chi connectivity index (χ0n) is 11.9. The van der Waals surface area contributed by atoms with E-state index in [1.165, 1.54) is 6.07 Å². The Balaban J connectivity index is 2.19. The third-order valence-electron chi connectivity index (χ3n) is 3.64. The van der Waals surface area contributed by atoms with E-state index in [9.17, 15) is 14.7 Å². The fraction of sp³-hybridized carbons (Fsp3) is 0.467. The van der Waals surface area contributed by atoms with E-state index in [0.29, 0.717) is 35.7 Å². The molecule has 0 spiro atoms. The predicted octanol–water partition coefficient (Wildman–Crippen LogP) is 2.19. The van der Waals surface area contributed by atoms with Crippen molar-refractivity contribution in [3.8, 4) is 0 Å². The van der Waals surface area contributed by atoms with Crippen LogP contribution in [0.25, 0.3) is 0 Å². The summed E-state index contributed by atoms with van der Waals surface area (Å²) in [6, 6.07) is 4.74. The van der Waals surface area contributed by atoms with Gasteiger partial charge in [0.2, 0.25) is 5.91 Å². The first-order valence-corrected chi connectivity index (χ1v) is 7.47. The second kappa shape index (κ2) is 6.91. The average molecular weight is 311 g/mol. The highest BCUT2D eigenvalue weighted by atomic mass is 35.5. The number of aliphatic hydroxyl groups excluding tert-OH is 1. The maximum absolute atomic E-state index is 12.2. The number of hydrogen-bond donors (Lipinski definition) is 3. The second-order valence-corrected chi connectivity index (χ2v) is 5.58. The molecule has 1 aliphatic carbocycles. The molecular weight excluding hydrogens is 292 g/mol. The van der Waals surface area contributed by atoms with Crippen molar-refractivity contribution in [2.24, 2.45) is 5.92 Å². The quantitative estimate of drug-likeness (QED) is 0.797. The van der Waals surface area contributed by atoms with Crippen molar-refractivity contribution in [1.82, 2.24) is 5.32 Å². The minimum absolute atomic E-state index is 0.257. The van der Waals surface area contributed by atoms with Crippen molar-refractivity contribution in [3.63, 3.8) is 0 Å². The Morgan fingerprint density at radius 2 is 2.14 bits per heavy atom. The van der Waals surface area contributed by atoms with Gasteiger partial charge in [-0.05, 0) is 44.4 Å². The van der Waals surface area contributed by atoms with E-state index in [1.54, 1.807) is 12.1 Å². The number of hydrogen-bond acceptors (Lipinski definition) is 3. The first-order chi connectivity index (χ1) is 10.0. The largest absolute Gasteiger partial charge is 0.392 e. The predicted molar refractivity (Wildman–Crippen MR) is 81.4 cm³/mol. The second-order valence-electron chi connectivity index (χ2n) is 5.14. The Kier molecular flexibility index (Phi) is 5.20. The minimum Gasteiger partial charge on any atom is -0.392 e. The lowest BCUT2D eigenvalue weighted by Gasteiger charge is -2.16. The van der Waals surface area contributed by atoms with E-state index in [0.717, 1.165) is 6.42 Å². The molecule has 0 aromatic heterocycles. The number of carbonyl (C=O) groups is 2. The van der Waals surface area contributed by atoms with Crippen LogP contribution in [0.2, 0.25) is 5.02 Å². The number of aliphatic hydroxyl groups is 1. The van der Waals surface area contributed by atoms with E-state index in [2.05, 4.69) is 10.6 Å². The zero-order valence-corrected chi connectivity index (χ0v) is 12.6. The highest BCUT2D eigenvalue weighted by molar-refractivity contribution is 6.31. The molecule has 114 valence electrons. The monoisotopic (exact) mass is 310 g/mol. The van der Waals surface area contributed by atoms with E-state index in [1.807, 2.05) is 6.92 Å². The number of benzene rings is 1. The van der Waals surface area contributed by atoms with Gasteiger partial charge in [0.15, 0.2) is 0 Å². The Morgan fingerprint density at radius 3 is 2.76 bits per heavy atom. The summed E-state index contributed by atoms with van der Waals surface area (Å²) in [7, 11) is 0. The summed E-state index contributed by atoms with van der Waals surface area (Å²) in [5.74, 6) is -0.960. The lowest BCUT2D eigenvalue weighted by atomic mass is 10.0. The Labute approximate surface area is 128 Å². The van der Waals surface area contributed by atoms with Gasteiger partial charge >= 0.3 is 0 Å². The maximum Gasteiger partial charge on any atom is 0.253 e. The van der Waals surface area contributed by atoms with Gasteiger partial charge in [0.25, 0.3) is 5.91 Å². The molecule has 2 rings (SSSR count). The van der Waals surface area contributed by atoms with Crippen molar-refractivity contribution in [1.29, 1.82) is 0 Å². The van der Waals surface area contributed by atoms with Gasteiger partial charge in [0, 0.05) is 11.6 Å². The number of anilines is 1. The molecule has 2 atom stereocenters. The molecule has 0 saturated heterocycles. The van der Waals surface area contributed by atoms with E-state index in [-0.39, 0.29) is 11.8 Å². The van der Waals surface area contributed by atoms with Crippen LogP contribution < -0.4 is 10.6 Å². The van der Waals surface area contributed by atoms with Crippen LogP contribution in [-0.2, 0) is 4.79 Å². The molecule has 1 aromatic carbocycles. The Hall–Kier alpha value is -1.59. The van der Waals surface area contributed by atoms with Gasteiger partial charge in [0.05, 0.1) is 23.3 Å². The fourth-order valence-electron chi connectivity index (χ4n) is 2.54. The summed E-state index contributed by atoms with van der Waals surface area (Å²) in [5, 5.41) is 15.6. The molecule has 2 amide bonds. The van der Waals surface area contributed by atoms with E-state index in [4.69, 9.17) is 11.6 Å². The van der Waals surface area contributed by atoms with Gasteiger partial charge in [-0.1, -0.05) is 11.6 Å². The van der Waals surface area contributed by atoms with Crippen molar-refractivity contribution in [3.05, 3.63) is 28.8 Å². The van der Waals surface area contributed by atoms with Crippen molar-refractivity contribution in [2.45, 2.75) is 32.3 Å². The Bertz CT molecular complexity index is 548. The molecular formula is C15H19ClN2O3. The summed E-state index contributed by atoms with van der Waals surface area (Å²) >= 11 is 5.92. The summed E-state index contributed by atoms with van der Waals surface area (Å²) in [5.41, 5.74) is 0.736. The standard InChI is InChI=1S/C15H19ClN2O3/c1-2-17-14(20)11-8-9(16)6-7-12(11)18-15(21)10-4-3-5-13(10)19/h6-8,10,13,19H,2-5H2,1H3,(H,17,20)(H,18,21). The first-order valence-electron chi connectivity index (χ1n) is 7.09. The van der Waals surface area contributed by atoms with Crippen molar-refractivity contribution < 1.29 is 14.7 Å². The summed E-state index contributed by atoms with van der Waals surface area (Å²) in [6.45, 7) is 2.30. The van der Waals surface area contributed by atoms with Gasteiger partial charge in [0.1, 0.15) is 0 Å². The molecule has 21 heavy (non-hydrogen) atoms. The fourth-order valence-corrected chi connectivity index (χ4v) is 2.71. The smallest absolute Gasteiger partial charge is 0.253 e. The molecule has 1 aliphatic rings. The highest BCUT2D eigenvalue weighted by Crippen LogP contribution is 2.28. The van der Waals surface area contributed by atoms with Crippen LogP contribution in [0.5, 0.6) is 0 Å². The van der Waals surface area contributed by atoms with Gasteiger partial charge in [-0.15, -0.1) is 0 Å². The minimum atomic E-state index is -0.606. The summed E-state index contributed by atoms with van der Waals surface area (Å²) < 4.78 is 0. The van der Waals surface area contributed by atoms with Crippen LogP contribution in [-0.4, -0.2) is 29.6 Å². The van der Waals surface area contributed by atoms with Crippen LogP contribution in [0.3, 0.4) is 0 Å². The SMILES string of the molecule is CCNC(=O)c1cc(Cl)ccc1NC(=O)C1CCCC1O.